The van der Waals surface area contributed by atoms with Gasteiger partial charge in [0.1, 0.15) is 9.90 Å². The van der Waals surface area contributed by atoms with Crippen LogP contribution in [0.5, 0.6) is 0 Å². The van der Waals surface area contributed by atoms with E-state index in [2.05, 4.69) is 21.9 Å². The van der Waals surface area contributed by atoms with E-state index in [1.54, 1.807) is 26.5 Å². The maximum atomic E-state index is 12.7. The molecule has 2 aromatic heterocycles. The van der Waals surface area contributed by atoms with Crippen molar-refractivity contribution in [2.45, 2.75) is 31.3 Å². The minimum atomic E-state index is -3.44. The van der Waals surface area contributed by atoms with Crippen LogP contribution in [0, 0.1) is 0 Å². The van der Waals surface area contributed by atoms with Crippen LogP contribution in [0.1, 0.15) is 24.9 Å². The summed E-state index contributed by atoms with van der Waals surface area (Å²) in [5.74, 6) is 0. The number of sulfonamides is 1. The fourth-order valence-electron chi connectivity index (χ4n) is 2.73. The van der Waals surface area contributed by atoms with Crippen molar-refractivity contribution in [2.24, 2.45) is 0 Å². The Kier molecular flexibility index (Phi) is 4.81. The van der Waals surface area contributed by atoms with Gasteiger partial charge in [-0.2, -0.15) is 9.40 Å². The highest BCUT2D eigenvalue weighted by atomic mass is 32.2. The van der Waals surface area contributed by atoms with E-state index in [4.69, 9.17) is 0 Å². The van der Waals surface area contributed by atoms with Crippen LogP contribution in [0.15, 0.2) is 28.9 Å². The Morgan fingerprint density at radius 2 is 2.04 bits per heavy atom. The Hall–Kier alpha value is -1.29. The van der Waals surface area contributed by atoms with Crippen molar-refractivity contribution in [3.8, 4) is 0 Å². The highest BCUT2D eigenvalue weighted by Crippen LogP contribution is 2.25. The molecule has 0 aromatic carbocycles. The third-order valence-electron chi connectivity index (χ3n) is 4.20. The van der Waals surface area contributed by atoms with E-state index in [9.17, 15) is 8.42 Å². The van der Waals surface area contributed by atoms with Crippen molar-refractivity contribution < 1.29 is 8.42 Å². The predicted molar refractivity (Wildman–Crippen MR) is 88.8 cm³/mol. The highest BCUT2D eigenvalue weighted by Gasteiger charge is 2.31. The van der Waals surface area contributed by atoms with E-state index in [0.29, 0.717) is 32.7 Å². The Morgan fingerprint density at radius 3 is 2.61 bits per heavy atom. The van der Waals surface area contributed by atoms with Gasteiger partial charge in [-0.3, -0.25) is 9.58 Å². The van der Waals surface area contributed by atoms with Crippen LogP contribution in [0.25, 0.3) is 0 Å². The van der Waals surface area contributed by atoms with Crippen molar-refractivity contribution in [1.82, 2.24) is 24.0 Å². The fourth-order valence-corrected chi connectivity index (χ4v) is 4.83. The molecule has 9 heteroatoms. The van der Waals surface area contributed by atoms with Gasteiger partial charge in [0.05, 0.1) is 12.2 Å². The number of thiazole rings is 1. The van der Waals surface area contributed by atoms with Crippen molar-refractivity contribution >= 4 is 21.4 Å². The topological polar surface area (TPSA) is 71.3 Å². The number of aryl methyl sites for hydroxylation is 1. The average Bonchev–Trinajstić information content (AvgIpc) is 3.25. The molecule has 1 saturated heterocycles. The first-order chi connectivity index (χ1) is 11.0. The largest absolute Gasteiger partial charge is 0.292 e. The molecule has 0 bridgehead atoms. The van der Waals surface area contributed by atoms with Gasteiger partial charge in [0.15, 0.2) is 0 Å². The van der Waals surface area contributed by atoms with Crippen LogP contribution in [0.3, 0.4) is 0 Å². The summed E-state index contributed by atoms with van der Waals surface area (Å²) >= 11 is 1.64. The zero-order valence-electron chi connectivity index (χ0n) is 13.3. The van der Waals surface area contributed by atoms with Crippen molar-refractivity contribution in [3.05, 3.63) is 29.0 Å². The Morgan fingerprint density at radius 1 is 1.30 bits per heavy atom. The molecule has 1 unspecified atom stereocenters. The van der Waals surface area contributed by atoms with Crippen LogP contribution in [-0.2, 0) is 16.6 Å². The van der Waals surface area contributed by atoms with Crippen molar-refractivity contribution in [1.29, 1.82) is 0 Å². The smallest absolute Gasteiger partial charge is 0.246 e. The average molecular weight is 355 g/mol. The molecule has 0 aliphatic carbocycles. The summed E-state index contributed by atoms with van der Waals surface area (Å²) in [5.41, 5.74) is 0. The van der Waals surface area contributed by atoms with E-state index >= 15 is 0 Å². The lowest BCUT2D eigenvalue weighted by Crippen LogP contribution is -2.49. The number of hydrogen-bond acceptors (Lipinski definition) is 6. The van der Waals surface area contributed by atoms with Crippen LogP contribution in [-0.4, -0.2) is 58.6 Å². The number of rotatable bonds is 5. The monoisotopic (exact) mass is 355 g/mol. The van der Waals surface area contributed by atoms with Gasteiger partial charge < -0.3 is 0 Å². The first-order valence-corrected chi connectivity index (χ1v) is 10.0. The van der Waals surface area contributed by atoms with Gasteiger partial charge in [0, 0.05) is 50.5 Å². The summed E-state index contributed by atoms with van der Waals surface area (Å²) in [4.78, 5) is 6.91. The van der Waals surface area contributed by atoms with Gasteiger partial charge in [-0.1, -0.05) is 0 Å². The third-order valence-corrected chi connectivity index (χ3v) is 7.00. The fraction of sp³-hybridized carbons (Fsp3) is 0.571. The van der Waals surface area contributed by atoms with Crippen molar-refractivity contribution in [3.63, 3.8) is 0 Å². The molecule has 126 valence electrons. The Bertz CT molecular complexity index is 733. The SMILES string of the molecule is CCn1cc(S(=O)(=O)N2CCN(C(C)c3nccs3)CC2)cn1. The normalized spacial score (nSPS) is 19.0. The van der Waals surface area contributed by atoms with Crippen molar-refractivity contribution in [2.75, 3.05) is 26.2 Å². The van der Waals surface area contributed by atoms with E-state index in [0.717, 1.165) is 5.01 Å². The molecule has 7 nitrogen and oxygen atoms in total. The predicted octanol–water partition coefficient (Wildman–Crippen LogP) is 1.43. The molecule has 3 rings (SSSR count). The van der Waals surface area contributed by atoms with Crippen LogP contribution >= 0.6 is 11.3 Å². The van der Waals surface area contributed by atoms with Gasteiger partial charge in [-0.15, -0.1) is 11.3 Å². The number of nitrogens with zero attached hydrogens (tertiary/aromatic N) is 5. The minimum Gasteiger partial charge on any atom is -0.292 e. The summed E-state index contributed by atoms with van der Waals surface area (Å²) < 4.78 is 28.5. The van der Waals surface area contributed by atoms with Crippen LogP contribution < -0.4 is 0 Å². The first-order valence-electron chi connectivity index (χ1n) is 7.68. The summed E-state index contributed by atoms with van der Waals surface area (Å²) in [6.45, 7) is 7.12. The number of piperazine rings is 1. The molecule has 1 fully saturated rings. The maximum Gasteiger partial charge on any atom is 0.246 e. The molecule has 1 atom stereocenters. The molecule has 0 radical (unpaired) electrons. The molecule has 3 heterocycles. The van der Waals surface area contributed by atoms with E-state index in [1.807, 2.05) is 18.5 Å². The summed E-state index contributed by atoms with van der Waals surface area (Å²) in [5, 5.41) is 7.11. The third kappa shape index (κ3) is 3.32. The molecule has 0 spiro atoms. The van der Waals surface area contributed by atoms with Crippen LogP contribution in [0.4, 0.5) is 0 Å². The molecule has 23 heavy (non-hydrogen) atoms. The zero-order chi connectivity index (χ0) is 16.4. The second-order valence-electron chi connectivity index (χ2n) is 5.52. The summed E-state index contributed by atoms with van der Waals surface area (Å²) in [6.07, 6.45) is 4.84. The molecule has 1 aliphatic heterocycles. The minimum absolute atomic E-state index is 0.225. The molecule has 0 N–H and O–H groups in total. The lowest BCUT2D eigenvalue weighted by molar-refractivity contribution is 0.145. The molecular formula is C14H21N5O2S2. The van der Waals surface area contributed by atoms with Gasteiger partial charge >= 0.3 is 0 Å². The molecule has 2 aromatic rings. The highest BCUT2D eigenvalue weighted by molar-refractivity contribution is 7.89. The van der Waals surface area contributed by atoms with Gasteiger partial charge in [0.2, 0.25) is 10.0 Å². The zero-order valence-corrected chi connectivity index (χ0v) is 14.9. The van der Waals surface area contributed by atoms with E-state index < -0.39 is 10.0 Å². The standard InChI is InChI=1S/C14H21N5O2S2/c1-3-18-11-13(10-16-18)23(20,21)19-7-5-17(6-8-19)12(2)14-15-4-9-22-14/h4,9-12H,3,5-8H2,1-2H3. The van der Waals surface area contributed by atoms with Gasteiger partial charge in [0.25, 0.3) is 0 Å². The summed E-state index contributed by atoms with van der Waals surface area (Å²) in [6, 6.07) is 0.225. The Labute approximate surface area is 140 Å². The maximum absolute atomic E-state index is 12.7. The Balaban J connectivity index is 1.66. The van der Waals surface area contributed by atoms with E-state index in [1.165, 1.54) is 6.20 Å². The lowest BCUT2D eigenvalue weighted by Gasteiger charge is -2.36. The lowest BCUT2D eigenvalue weighted by atomic mass is 10.2. The molecular weight excluding hydrogens is 334 g/mol. The van der Waals surface area contributed by atoms with Gasteiger partial charge in [-0.25, -0.2) is 13.4 Å². The second kappa shape index (κ2) is 6.68. The first kappa shape index (κ1) is 16.6. The summed E-state index contributed by atoms with van der Waals surface area (Å²) in [7, 11) is -3.44. The van der Waals surface area contributed by atoms with E-state index in [-0.39, 0.29) is 10.9 Å². The molecule has 0 saturated carbocycles. The van der Waals surface area contributed by atoms with Gasteiger partial charge in [-0.05, 0) is 13.8 Å². The quantitative estimate of drug-likeness (QED) is 0.811. The molecule has 1 aliphatic rings. The number of aromatic nitrogens is 3. The second-order valence-corrected chi connectivity index (χ2v) is 8.38. The number of hydrogen-bond donors (Lipinski definition) is 0. The van der Waals surface area contributed by atoms with Crippen LogP contribution in [0.2, 0.25) is 0 Å². The molecule has 0 amide bonds.